The molecule has 0 amide bonds. The summed E-state index contributed by atoms with van der Waals surface area (Å²) >= 11 is 9.47. The van der Waals surface area contributed by atoms with E-state index in [-0.39, 0.29) is 0 Å². The lowest BCUT2D eigenvalue weighted by Gasteiger charge is -1.91. The van der Waals surface area contributed by atoms with Crippen molar-refractivity contribution in [3.8, 4) is 0 Å². The molecular formula is C8H6S2. The van der Waals surface area contributed by atoms with Crippen molar-refractivity contribution in [3.63, 3.8) is 0 Å². The molecule has 0 nitrogen and oxygen atoms in total. The summed E-state index contributed by atoms with van der Waals surface area (Å²) in [6, 6.07) is 7.80. The molecule has 1 aromatic rings. The van der Waals surface area contributed by atoms with Crippen LogP contribution >= 0.6 is 24.4 Å². The second-order valence-corrected chi connectivity index (χ2v) is 2.37. The van der Waals surface area contributed by atoms with Crippen molar-refractivity contribution in [3.05, 3.63) is 35.4 Å². The number of hydrogen-bond donors (Lipinski definition) is 0. The van der Waals surface area contributed by atoms with Crippen LogP contribution in [0.2, 0.25) is 0 Å². The van der Waals surface area contributed by atoms with Crippen molar-refractivity contribution in [2.45, 2.75) is 0 Å². The lowest BCUT2D eigenvalue weighted by molar-refractivity contribution is 1.67. The van der Waals surface area contributed by atoms with Crippen molar-refractivity contribution < 1.29 is 0 Å². The van der Waals surface area contributed by atoms with E-state index in [1.807, 2.05) is 24.3 Å². The topological polar surface area (TPSA) is 0 Å². The Morgan fingerprint density at radius 1 is 0.800 bits per heavy atom. The largest absolute Gasteiger partial charge is 0.0881 e. The minimum absolute atomic E-state index is 1.05. The first-order valence-corrected chi connectivity index (χ1v) is 3.81. The molecule has 0 aliphatic heterocycles. The van der Waals surface area contributed by atoms with E-state index in [1.54, 1.807) is 10.7 Å². The predicted molar refractivity (Wildman–Crippen MR) is 52.0 cm³/mol. The van der Waals surface area contributed by atoms with Gasteiger partial charge in [-0.1, -0.05) is 48.7 Å². The third-order valence-electron chi connectivity index (χ3n) is 1.21. The Hall–Kier alpha value is -0.600. The van der Waals surface area contributed by atoms with Gasteiger partial charge in [-0.15, -0.1) is 0 Å². The van der Waals surface area contributed by atoms with Crippen LogP contribution in [0, 0.1) is 0 Å². The molecule has 0 fully saturated rings. The quantitative estimate of drug-likeness (QED) is 0.619. The molecule has 1 aromatic carbocycles. The Morgan fingerprint density at radius 3 is 1.30 bits per heavy atom. The number of hydrogen-bond acceptors (Lipinski definition) is 2. The van der Waals surface area contributed by atoms with Crippen molar-refractivity contribution in [1.82, 2.24) is 0 Å². The minimum atomic E-state index is 1.05. The van der Waals surface area contributed by atoms with Gasteiger partial charge in [-0.3, -0.25) is 0 Å². The standard InChI is InChI=1S/C8H6S2/c9-5-7-1-2-8(6-10)4-3-7/h1-6H. The van der Waals surface area contributed by atoms with Gasteiger partial charge in [0, 0.05) is 10.7 Å². The van der Waals surface area contributed by atoms with Crippen molar-refractivity contribution >= 4 is 35.2 Å². The molecule has 2 heteroatoms. The normalized spacial score (nSPS) is 8.80. The maximum atomic E-state index is 4.74. The highest BCUT2D eigenvalue weighted by Crippen LogP contribution is 1.99. The van der Waals surface area contributed by atoms with Gasteiger partial charge in [-0.05, 0) is 11.1 Å². The summed E-state index contributed by atoms with van der Waals surface area (Å²) in [6.07, 6.45) is 0. The van der Waals surface area contributed by atoms with E-state index in [9.17, 15) is 0 Å². The van der Waals surface area contributed by atoms with Gasteiger partial charge in [-0.25, -0.2) is 0 Å². The van der Waals surface area contributed by atoms with Crippen LogP contribution in [0.25, 0.3) is 0 Å². The Kier molecular flexibility index (Phi) is 2.66. The molecule has 50 valence electrons. The molecule has 0 aromatic heterocycles. The number of benzene rings is 1. The molecule has 0 atom stereocenters. The molecule has 0 unspecified atom stereocenters. The van der Waals surface area contributed by atoms with Gasteiger partial charge in [0.15, 0.2) is 0 Å². The van der Waals surface area contributed by atoms with Gasteiger partial charge >= 0.3 is 0 Å². The van der Waals surface area contributed by atoms with E-state index in [4.69, 9.17) is 24.4 Å². The average Bonchev–Trinajstić information content (AvgIpc) is 2.05. The van der Waals surface area contributed by atoms with Gasteiger partial charge in [0.2, 0.25) is 0 Å². The Balaban J connectivity index is 3.00. The van der Waals surface area contributed by atoms with Crippen LogP contribution in [-0.4, -0.2) is 10.7 Å². The summed E-state index contributed by atoms with van der Waals surface area (Å²) in [6.45, 7) is 0. The first kappa shape index (κ1) is 7.51. The molecule has 0 N–H and O–H groups in total. The smallest absolute Gasteiger partial charge is 0.00861 e. The Morgan fingerprint density at radius 2 is 1.10 bits per heavy atom. The molecular weight excluding hydrogens is 160 g/mol. The van der Waals surface area contributed by atoms with E-state index in [2.05, 4.69) is 0 Å². The zero-order valence-electron chi connectivity index (χ0n) is 5.28. The predicted octanol–water partition coefficient (Wildman–Crippen LogP) is 2.38. The second-order valence-electron chi connectivity index (χ2n) is 1.90. The minimum Gasteiger partial charge on any atom is -0.0881 e. The summed E-state index contributed by atoms with van der Waals surface area (Å²) < 4.78 is 0. The van der Waals surface area contributed by atoms with E-state index < -0.39 is 0 Å². The molecule has 0 spiro atoms. The lowest BCUT2D eigenvalue weighted by atomic mass is 10.2. The molecule has 0 heterocycles. The van der Waals surface area contributed by atoms with Crippen LogP contribution in [0.4, 0.5) is 0 Å². The van der Waals surface area contributed by atoms with Crippen LogP contribution in [0.5, 0.6) is 0 Å². The van der Waals surface area contributed by atoms with Crippen molar-refractivity contribution in [2.75, 3.05) is 0 Å². The van der Waals surface area contributed by atoms with Crippen LogP contribution in [0.3, 0.4) is 0 Å². The monoisotopic (exact) mass is 166 g/mol. The van der Waals surface area contributed by atoms with Crippen LogP contribution in [-0.2, 0) is 0 Å². The van der Waals surface area contributed by atoms with E-state index >= 15 is 0 Å². The number of thiocarbonyl (C=S) groups is 2. The number of rotatable bonds is 2. The summed E-state index contributed by atoms with van der Waals surface area (Å²) in [5, 5.41) is 3.29. The molecule has 0 aliphatic rings. The third-order valence-corrected chi connectivity index (χ3v) is 1.75. The average molecular weight is 166 g/mol. The van der Waals surface area contributed by atoms with Crippen LogP contribution < -0.4 is 0 Å². The van der Waals surface area contributed by atoms with Gasteiger partial charge in [0.25, 0.3) is 0 Å². The first-order valence-electron chi connectivity index (χ1n) is 2.87. The lowest BCUT2D eigenvalue weighted by Crippen LogP contribution is -1.80. The van der Waals surface area contributed by atoms with E-state index in [0.717, 1.165) is 11.1 Å². The molecule has 0 radical (unpaired) electrons. The first-order chi connectivity index (χ1) is 4.86. The zero-order chi connectivity index (χ0) is 7.40. The summed E-state index contributed by atoms with van der Waals surface area (Å²) in [4.78, 5) is 0. The molecule has 10 heavy (non-hydrogen) atoms. The van der Waals surface area contributed by atoms with E-state index in [1.165, 1.54) is 0 Å². The highest BCUT2D eigenvalue weighted by molar-refractivity contribution is 7.79. The van der Waals surface area contributed by atoms with Crippen molar-refractivity contribution in [2.24, 2.45) is 0 Å². The fraction of sp³-hybridized carbons (Fsp3) is 0. The fourth-order valence-electron chi connectivity index (χ4n) is 0.653. The summed E-state index contributed by atoms with van der Waals surface area (Å²) in [5.74, 6) is 0. The molecule has 0 bridgehead atoms. The van der Waals surface area contributed by atoms with Gasteiger partial charge in [0.1, 0.15) is 0 Å². The molecule has 1 rings (SSSR count). The zero-order valence-corrected chi connectivity index (χ0v) is 6.91. The fourth-order valence-corrected chi connectivity index (χ4v) is 0.967. The summed E-state index contributed by atoms with van der Waals surface area (Å²) in [7, 11) is 0. The van der Waals surface area contributed by atoms with Crippen LogP contribution in [0.1, 0.15) is 11.1 Å². The molecule has 0 saturated carbocycles. The van der Waals surface area contributed by atoms with Gasteiger partial charge in [0.05, 0.1) is 0 Å². The second kappa shape index (κ2) is 3.54. The highest BCUT2D eigenvalue weighted by Gasteiger charge is 1.85. The maximum absolute atomic E-state index is 4.74. The third kappa shape index (κ3) is 1.69. The summed E-state index contributed by atoms with van der Waals surface area (Å²) in [5.41, 5.74) is 2.10. The highest BCUT2D eigenvalue weighted by atomic mass is 32.1. The maximum Gasteiger partial charge on any atom is 0.00861 e. The van der Waals surface area contributed by atoms with E-state index in [0.29, 0.717) is 0 Å². The molecule has 0 saturated heterocycles. The van der Waals surface area contributed by atoms with Crippen molar-refractivity contribution in [1.29, 1.82) is 0 Å². The van der Waals surface area contributed by atoms with Gasteiger partial charge < -0.3 is 0 Å². The Labute approximate surface area is 70.9 Å². The molecule has 0 aliphatic carbocycles. The SMILES string of the molecule is S=Cc1ccc(C=S)cc1. The Bertz CT molecular complexity index is 209. The van der Waals surface area contributed by atoms with Gasteiger partial charge in [-0.2, -0.15) is 0 Å². The van der Waals surface area contributed by atoms with Crippen LogP contribution in [0.15, 0.2) is 24.3 Å².